The molecule has 2 heterocycles. The predicted octanol–water partition coefficient (Wildman–Crippen LogP) is 3.40. The van der Waals surface area contributed by atoms with Crippen LogP contribution in [-0.2, 0) is 14.3 Å². The van der Waals surface area contributed by atoms with Gasteiger partial charge in [-0.05, 0) is 52.9 Å². The number of nitrogens with one attached hydrogen (secondary N) is 1. The van der Waals surface area contributed by atoms with Crippen molar-refractivity contribution in [2.45, 2.75) is 18.0 Å². The Morgan fingerprint density at radius 1 is 1.13 bits per heavy atom. The summed E-state index contributed by atoms with van der Waals surface area (Å²) in [6.45, 7) is 0.404. The van der Waals surface area contributed by atoms with Gasteiger partial charge in [0.1, 0.15) is 5.82 Å². The maximum atomic E-state index is 14.8. The number of likely N-dealkylation sites (tertiary alicyclic amines) is 1. The smallest absolute Gasteiger partial charge is 0.431 e. The number of β-amino-alcohol motifs (C(OH)–C–C–N with tert-alkyl or cyclic N) is 1. The Bertz CT molecular complexity index is 1240. The second-order valence-corrected chi connectivity index (χ2v) is 9.96. The van der Waals surface area contributed by atoms with Crippen LogP contribution in [0.2, 0.25) is 0 Å². The SMILES string of the molecule is O=C(c1ccc(F)c(F)c1Nc1ccc(I)cc1F)N1CC(O)(CN2CCOCC2)C1OC(=O)C(F)(F)F. The number of anilines is 2. The molecule has 2 aliphatic rings. The Balaban J connectivity index is 1.65. The van der Waals surface area contributed by atoms with E-state index in [-0.39, 0.29) is 12.2 Å². The molecule has 0 bridgehead atoms. The zero-order chi connectivity index (χ0) is 27.8. The number of esters is 1. The molecule has 8 nitrogen and oxygen atoms in total. The summed E-state index contributed by atoms with van der Waals surface area (Å²) in [5.41, 5.74) is -3.79. The highest BCUT2D eigenvalue weighted by Gasteiger charge is 2.59. The molecule has 0 saturated carbocycles. The lowest BCUT2D eigenvalue weighted by Crippen LogP contribution is -2.76. The van der Waals surface area contributed by atoms with Crippen LogP contribution in [0.1, 0.15) is 10.4 Å². The molecule has 0 radical (unpaired) electrons. The molecule has 2 unspecified atom stereocenters. The highest BCUT2D eigenvalue weighted by atomic mass is 127. The Morgan fingerprint density at radius 2 is 1.82 bits per heavy atom. The van der Waals surface area contributed by atoms with Gasteiger partial charge in [-0.25, -0.2) is 18.0 Å². The molecule has 0 spiro atoms. The topological polar surface area (TPSA) is 91.3 Å². The first-order valence-electron chi connectivity index (χ1n) is 11.1. The number of halogens is 7. The molecule has 2 aromatic carbocycles. The number of rotatable bonds is 6. The van der Waals surface area contributed by atoms with Crippen molar-refractivity contribution < 1.29 is 50.5 Å². The summed E-state index contributed by atoms with van der Waals surface area (Å²) in [6.07, 6.45) is -7.52. The summed E-state index contributed by atoms with van der Waals surface area (Å²) in [4.78, 5) is 27.2. The summed E-state index contributed by atoms with van der Waals surface area (Å²) in [5.74, 6) is -7.63. The number of hydrogen-bond donors (Lipinski definition) is 2. The van der Waals surface area contributed by atoms with Crippen molar-refractivity contribution in [1.82, 2.24) is 9.80 Å². The predicted molar refractivity (Wildman–Crippen MR) is 128 cm³/mol. The van der Waals surface area contributed by atoms with E-state index in [2.05, 4.69) is 10.1 Å². The number of amides is 1. The molecular weight excluding hydrogens is 639 g/mol. The van der Waals surface area contributed by atoms with E-state index in [1.54, 1.807) is 4.90 Å². The number of benzene rings is 2. The second kappa shape index (κ2) is 10.9. The van der Waals surface area contributed by atoms with Crippen LogP contribution in [0, 0.1) is 21.0 Å². The standard InChI is InChI=1S/C23H20F6IN3O5/c24-14-3-2-13(18(17(14)26)31-16-4-1-12(30)9-15(16)25)19(34)33-11-22(36,10-32-5-7-37-8-6-32)20(33)38-21(35)23(27,28)29/h1-4,9,20,31,36H,5-8,10-11H2. The van der Waals surface area contributed by atoms with E-state index in [1.165, 1.54) is 12.1 Å². The van der Waals surface area contributed by atoms with Crippen LogP contribution in [-0.4, -0.2) is 84.2 Å². The number of hydrogen-bond acceptors (Lipinski definition) is 7. The van der Waals surface area contributed by atoms with Gasteiger partial charge < -0.3 is 19.9 Å². The Labute approximate surface area is 225 Å². The van der Waals surface area contributed by atoms with Crippen LogP contribution < -0.4 is 5.32 Å². The van der Waals surface area contributed by atoms with Gasteiger partial charge in [0, 0.05) is 23.2 Å². The Hall–Kier alpha value is -2.63. The van der Waals surface area contributed by atoms with Crippen molar-refractivity contribution in [2.75, 3.05) is 44.7 Å². The van der Waals surface area contributed by atoms with Crippen molar-refractivity contribution >= 4 is 45.8 Å². The third kappa shape index (κ3) is 5.84. The molecule has 2 saturated heterocycles. The molecule has 0 aliphatic carbocycles. The van der Waals surface area contributed by atoms with E-state index in [4.69, 9.17) is 4.74 Å². The number of ether oxygens (including phenoxy) is 2. The summed E-state index contributed by atoms with van der Waals surface area (Å²) in [6, 6.07) is 5.21. The van der Waals surface area contributed by atoms with Crippen LogP contribution >= 0.6 is 22.6 Å². The highest BCUT2D eigenvalue weighted by molar-refractivity contribution is 14.1. The van der Waals surface area contributed by atoms with Crippen LogP contribution in [0.4, 0.5) is 37.7 Å². The van der Waals surface area contributed by atoms with Gasteiger partial charge in [0.05, 0.1) is 36.7 Å². The molecule has 2 fully saturated rings. The first-order chi connectivity index (χ1) is 17.8. The second-order valence-electron chi connectivity index (χ2n) is 8.71. The van der Waals surface area contributed by atoms with E-state index < -0.39 is 65.1 Å². The minimum atomic E-state index is -5.43. The van der Waals surface area contributed by atoms with Crippen molar-refractivity contribution in [3.63, 3.8) is 0 Å². The maximum absolute atomic E-state index is 14.8. The first kappa shape index (κ1) is 28.4. The van der Waals surface area contributed by atoms with E-state index in [0.717, 1.165) is 12.1 Å². The van der Waals surface area contributed by atoms with Gasteiger partial charge in [-0.3, -0.25) is 14.6 Å². The van der Waals surface area contributed by atoms with E-state index in [9.17, 15) is 41.0 Å². The molecule has 38 heavy (non-hydrogen) atoms. The fraction of sp³-hybridized carbons (Fsp3) is 0.391. The third-order valence-electron chi connectivity index (χ3n) is 6.02. The summed E-state index contributed by atoms with van der Waals surface area (Å²) < 4.78 is 92.4. The molecule has 1 amide bonds. The summed E-state index contributed by atoms with van der Waals surface area (Å²) in [7, 11) is 0. The molecule has 2 aliphatic heterocycles. The van der Waals surface area contributed by atoms with Crippen LogP contribution in [0.25, 0.3) is 0 Å². The number of nitrogens with zero attached hydrogens (tertiary/aromatic N) is 2. The van der Waals surface area contributed by atoms with Gasteiger partial charge in [0.15, 0.2) is 17.2 Å². The van der Waals surface area contributed by atoms with Crippen molar-refractivity contribution in [2.24, 2.45) is 0 Å². The van der Waals surface area contributed by atoms with E-state index in [0.29, 0.717) is 40.8 Å². The van der Waals surface area contributed by atoms with E-state index >= 15 is 0 Å². The van der Waals surface area contributed by atoms with Gasteiger partial charge in [-0.1, -0.05) is 0 Å². The lowest BCUT2D eigenvalue weighted by Gasteiger charge is -2.54. The number of carbonyl (C=O) groups is 2. The lowest BCUT2D eigenvalue weighted by atomic mass is 9.89. The number of carbonyl (C=O) groups excluding carboxylic acids is 2. The number of alkyl halides is 3. The van der Waals surface area contributed by atoms with Crippen molar-refractivity contribution in [1.29, 1.82) is 0 Å². The van der Waals surface area contributed by atoms with Gasteiger partial charge in [0.2, 0.25) is 6.23 Å². The maximum Gasteiger partial charge on any atom is 0.491 e. The van der Waals surface area contributed by atoms with Gasteiger partial charge in [-0.15, -0.1) is 0 Å². The molecule has 206 valence electrons. The fourth-order valence-corrected chi connectivity index (χ4v) is 4.61. The van der Waals surface area contributed by atoms with Crippen LogP contribution in [0.15, 0.2) is 30.3 Å². The lowest BCUT2D eigenvalue weighted by molar-refractivity contribution is -0.264. The zero-order valence-electron chi connectivity index (χ0n) is 19.3. The molecule has 0 aromatic heterocycles. The average molecular weight is 659 g/mol. The largest absolute Gasteiger partial charge is 0.491 e. The van der Waals surface area contributed by atoms with Crippen molar-refractivity contribution in [3.05, 3.63) is 56.9 Å². The monoisotopic (exact) mass is 659 g/mol. The molecule has 2 aromatic rings. The Kier molecular flexibility index (Phi) is 8.11. The summed E-state index contributed by atoms with van der Waals surface area (Å²) >= 11 is 1.83. The fourth-order valence-electron chi connectivity index (χ4n) is 4.16. The molecule has 15 heteroatoms. The number of aliphatic hydroxyl groups is 1. The van der Waals surface area contributed by atoms with Gasteiger partial charge >= 0.3 is 12.1 Å². The van der Waals surface area contributed by atoms with E-state index in [1.807, 2.05) is 22.6 Å². The zero-order valence-corrected chi connectivity index (χ0v) is 21.5. The molecular formula is C23H20F6IN3O5. The highest BCUT2D eigenvalue weighted by Crippen LogP contribution is 2.37. The van der Waals surface area contributed by atoms with Gasteiger partial charge in [-0.2, -0.15) is 13.2 Å². The summed E-state index contributed by atoms with van der Waals surface area (Å²) in [5, 5.41) is 13.4. The number of morpholine rings is 1. The molecule has 2 atom stereocenters. The third-order valence-corrected chi connectivity index (χ3v) is 6.69. The molecule has 2 N–H and O–H groups in total. The quantitative estimate of drug-likeness (QED) is 0.279. The van der Waals surface area contributed by atoms with Crippen LogP contribution in [0.3, 0.4) is 0 Å². The Morgan fingerprint density at radius 3 is 2.45 bits per heavy atom. The first-order valence-corrected chi connectivity index (χ1v) is 12.2. The molecule has 4 rings (SSSR count). The average Bonchev–Trinajstić information content (AvgIpc) is 2.85. The minimum Gasteiger partial charge on any atom is -0.431 e. The van der Waals surface area contributed by atoms with Gasteiger partial charge in [0.25, 0.3) is 5.91 Å². The minimum absolute atomic E-state index is 0.257. The van der Waals surface area contributed by atoms with Crippen LogP contribution in [0.5, 0.6) is 0 Å². The normalized spacial score (nSPS) is 22.1. The van der Waals surface area contributed by atoms with Crippen molar-refractivity contribution in [3.8, 4) is 0 Å².